The quantitative estimate of drug-likeness (QED) is 0.719. The smallest absolute Gasteiger partial charge is 0.410 e. The van der Waals surface area contributed by atoms with E-state index in [0.29, 0.717) is 25.9 Å². The number of hydrogen-bond acceptors (Lipinski definition) is 3. The lowest BCUT2D eigenvalue weighted by atomic mass is 9.74. The Hall–Kier alpha value is -1.68. The van der Waals surface area contributed by atoms with E-state index in [1.807, 2.05) is 20.8 Å². The van der Waals surface area contributed by atoms with Crippen LogP contribution >= 0.6 is 0 Å². The molecular formula is C15H22N2O2. The molecule has 0 spiro atoms. The molecule has 19 heavy (non-hydrogen) atoms. The Morgan fingerprint density at radius 1 is 1.37 bits per heavy atom. The maximum absolute atomic E-state index is 11.9. The normalized spacial score (nSPS) is 18.3. The van der Waals surface area contributed by atoms with Gasteiger partial charge in [0.15, 0.2) is 0 Å². The average Bonchev–Trinajstić information content (AvgIpc) is 2.28. The SMILES string of the molecule is C#CCC1(CC#N)CCN(C(=O)OC(C)(C)C)CC1. The van der Waals surface area contributed by atoms with Crippen molar-refractivity contribution < 1.29 is 9.53 Å². The zero-order valence-electron chi connectivity index (χ0n) is 12.0. The van der Waals surface area contributed by atoms with Crippen molar-refractivity contribution in [3.8, 4) is 18.4 Å². The van der Waals surface area contributed by atoms with E-state index in [1.165, 1.54) is 0 Å². The van der Waals surface area contributed by atoms with Crippen LogP contribution in [0.2, 0.25) is 0 Å². The van der Waals surface area contributed by atoms with Crippen molar-refractivity contribution in [3.63, 3.8) is 0 Å². The van der Waals surface area contributed by atoms with Crippen LogP contribution in [0.25, 0.3) is 0 Å². The number of carbonyl (C=O) groups excluding carboxylic acids is 1. The Morgan fingerprint density at radius 3 is 2.37 bits per heavy atom. The fourth-order valence-corrected chi connectivity index (χ4v) is 2.29. The summed E-state index contributed by atoms with van der Waals surface area (Å²) in [6, 6.07) is 2.22. The van der Waals surface area contributed by atoms with Gasteiger partial charge in [-0.25, -0.2) is 4.79 Å². The maximum Gasteiger partial charge on any atom is 0.410 e. The molecule has 1 heterocycles. The van der Waals surface area contributed by atoms with Crippen LogP contribution < -0.4 is 0 Å². The molecule has 104 valence electrons. The van der Waals surface area contributed by atoms with E-state index in [-0.39, 0.29) is 11.5 Å². The number of terminal acetylenes is 1. The molecule has 0 unspecified atom stereocenters. The third-order valence-electron chi connectivity index (χ3n) is 3.41. The van der Waals surface area contributed by atoms with E-state index in [1.54, 1.807) is 4.90 Å². The second kappa shape index (κ2) is 5.97. The fourth-order valence-electron chi connectivity index (χ4n) is 2.29. The number of amides is 1. The summed E-state index contributed by atoms with van der Waals surface area (Å²) in [6.45, 7) is 6.78. The van der Waals surface area contributed by atoms with Gasteiger partial charge in [0.05, 0.1) is 6.07 Å². The summed E-state index contributed by atoms with van der Waals surface area (Å²) in [5.74, 6) is 2.66. The van der Waals surface area contributed by atoms with Gasteiger partial charge in [-0.3, -0.25) is 0 Å². The Balaban J connectivity index is 2.59. The summed E-state index contributed by atoms with van der Waals surface area (Å²) in [4.78, 5) is 13.6. The van der Waals surface area contributed by atoms with E-state index in [2.05, 4.69) is 12.0 Å². The van der Waals surface area contributed by atoms with Crippen LogP contribution in [0.4, 0.5) is 4.79 Å². The standard InChI is InChI=1S/C15H22N2O2/c1-5-6-15(7-10-16)8-11-17(12-9-15)13(18)19-14(2,3)4/h1H,6-9,11-12H2,2-4H3. The van der Waals surface area contributed by atoms with Gasteiger partial charge in [0, 0.05) is 25.9 Å². The molecule has 1 amide bonds. The molecule has 1 rings (SSSR count). The highest BCUT2D eigenvalue weighted by molar-refractivity contribution is 5.68. The average molecular weight is 262 g/mol. The first-order valence-corrected chi connectivity index (χ1v) is 6.60. The van der Waals surface area contributed by atoms with E-state index in [9.17, 15) is 4.79 Å². The molecule has 1 aliphatic heterocycles. The second-order valence-electron chi connectivity index (χ2n) is 6.18. The van der Waals surface area contributed by atoms with Gasteiger partial charge in [0.1, 0.15) is 5.60 Å². The molecule has 0 aromatic rings. The minimum atomic E-state index is -0.475. The fraction of sp³-hybridized carbons (Fsp3) is 0.733. The van der Waals surface area contributed by atoms with Crippen LogP contribution in [0.15, 0.2) is 0 Å². The highest BCUT2D eigenvalue weighted by atomic mass is 16.6. The summed E-state index contributed by atoms with van der Waals surface area (Å²) in [5.41, 5.74) is -0.598. The van der Waals surface area contributed by atoms with Gasteiger partial charge in [-0.15, -0.1) is 12.3 Å². The van der Waals surface area contributed by atoms with E-state index < -0.39 is 5.60 Å². The second-order valence-corrected chi connectivity index (χ2v) is 6.18. The molecule has 0 aromatic heterocycles. The number of piperidine rings is 1. The summed E-state index contributed by atoms with van der Waals surface area (Å²) in [7, 11) is 0. The van der Waals surface area contributed by atoms with Gasteiger partial charge in [-0.05, 0) is 39.0 Å². The number of carbonyl (C=O) groups is 1. The lowest BCUT2D eigenvalue weighted by Crippen LogP contribution is -2.45. The first kappa shape index (κ1) is 15.4. The lowest BCUT2D eigenvalue weighted by Gasteiger charge is -2.39. The van der Waals surface area contributed by atoms with Gasteiger partial charge in [0.25, 0.3) is 0 Å². The zero-order valence-corrected chi connectivity index (χ0v) is 12.0. The molecule has 1 aliphatic rings. The minimum absolute atomic E-state index is 0.123. The molecule has 0 N–H and O–H groups in total. The van der Waals surface area contributed by atoms with Gasteiger partial charge in [0.2, 0.25) is 0 Å². The summed E-state index contributed by atoms with van der Waals surface area (Å²) in [6.07, 6.45) is 7.70. The maximum atomic E-state index is 11.9. The topological polar surface area (TPSA) is 53.3 Å². The summed E-state index contributed by atoms with van der Waals surface area (Å²) >= 11 is 0. The molecule has 1 saturated heterocycles. The van der Waals surface area contributed by atoms with Crippen molar-refractivity contribution >= 4 is 6.09 Å². The summed E-state index contributed by atoms with van der Waals surface area (Å²) < 4.78 is 5.35. The Labute approximate surface area is 115 Å². The third-order valence-corrected chi connectivity index (χ3v) is 3.41. The number of ether oxygens (including phenoxy) is 1. The van der Waals surface area contributed by atoms with Crippen molar-refractivity contribution in [3.05, 3.63) is 0 Å². The van der Waals surface area contributed by atoms with Gasteiger partial charge in [-0.2, -0.15) is 5.26 Å². The van der Waals surface area contributed by atoms with E-state index >= 15 is 0 Å². The van der Waals surface area contributed by atoms with E-state index in [4.69, 9.17) is 16.4 Å². The van der Waals surface area contributed by atoms with Gasteiger partial charge in [-0.1, -0.05) is 0 Å². The van der Waals surface area contributed by atoms with Crippen molar-refractivity contribution in [1.82, 2.24) is 4.90 Å². The van der Waals surface area contributed by atoms with Crippen LogP contribution in [-0.4, -0.2) is 29.7 Å². The number of nitrogens with zero attached hydrogens (tertiary/aromatic N) is 2. The Morgan fingerprint density at radius 2 is 1.95 bits per heavy atom. The first-order chi connectivity index (χ1) is 8.82. The third kappa shape index (κ3) is 4.48. The highest BCUT2D eigenvalue weighted by Crippen LogP contribution is 2.38. The summed E-state index contributed by atoms with van der Waals surface area (Å²) in [5, 5.41) is 8.91. The number of hydrogen-bond donors (Lipinski definition) is 0. The van der Waals surface area contributed by atoms with Crippen molar-refractivity contribution in [2.24, 2.45) is 5.41 Å². The van der Waals surface area contributed by atoms with Crippen LogP contribution in [0, 0.1) is 29.1 Å². The van der Waals surface area contributed by atoms with Crippen LogP contribution in [0.5, 0.6) is 0 Å². The van der Waals surface area contributed by atoms with Gasteiger partial charge >= 0.3 is 6.09 Å². The zero-order chi connectivity index (χ0) is 14.5. The van der Waals surface area contributed by atoms with Crippen molar-refractivity contribution in [1.29, 1.82) is 5.26 Å². The number of rotatable bonds is 2. The number of nitriles is 1. The molecule has 0 radical (unpaired) electrons. The molecule has 0 aliphatic carbocycles. The van der Waals surface area contributed by atoms with Crippen LogP contribution in [0.1, 0.15) is 46.5 Å². The molecule has 1 fully saturated rings. The predicted molar refractivity (Wildman–Crippen MR) is 73.2 cm³/mol. The molecule has 0 atom stereocenters. The Bertz CT molecular complexity index is 383. The van der Waals surface area contributed by atoms with Crippen molar-refractivity contribution in [2.75, 3.05) is 13.1 Å². The monoisotopic (exact) mass is 262 g/mol. The lowest BCUT2D eigenvalue weighted by molar-refractivity contribution is 0.0110. The molecule has 0 saturated carbocycles. The van der Waals surface area contributed by atoms with Gasteiger partial charge < -0.3 is 9.64 Å². The van der Waals surface area contributed by atoms with Crippen LogP contribution in [-0.2, 0) is 4.74 Å². The molecule has 0 bridgehead atoms. The van der Waals surface area contributed by atoms with Crippen LogP contribution in [0.3, 0.4) is 0 Å². The molecular weight excluding hydrogens is 240 g/mol. The Kier molecular flexibility index (Phi) is 4.84. The van der Waals surface area contributed by atoms with E-state index in [0.717, 1.165) is 12.8 Å². The predicted octanol–water partition coefficient (Wildman–Crippen LogP) is 2.94. The number of likely N-dealkylation sites (tertiary alicyclic amines) is 1. The van der Waals surface area contributed by atoms with Crippen molar-refractivity contribution in [2.45, 2.75) is 52.1 Å². The highest BCUT2D eigenvalue weighted by Gasteiger charge is 2.36. The minimum Gasteiger partial charge on any atom is -0.444 e. The molecule has 4 nitrogen and oxygen atoms in total. The molecule has 4 heteroatoms. The molecule has 0 aromatic carbocycles. The largest absolute Gasteiger partial charge is 0.444 e. The first-order valence-electron chi connectivity index (χ1n) is 6.60.